The highest BCUT2D eigenvalue weighted by Gasteiger charge is 2.26. The van der Waals surface area contributed by atoms with Crippen molar-refractivity contribution in [1.29, 1.82) is 0 Å². The van der Waals surface area contributed by atoms with Crippen LogP contribution in [0.2, 0.25) is 0 Å². The van der Waals surface area contributed by atoms with E-state index in [-0.39, 0.29) is 29.0 Å². The van der Waals surface area contributed by atoms with Gasteiger partial charge in [0.05, 0.1) is 0 Å². The van der Waals surface area contributed by atoms with E-state index in [1.54, 1.807) is 29.2 Å². The Bertz CT molecular complexity index is 976. The molecule has 3 rings (SSSR count). The number of carbonyl (C=O) groups is 2. The lowest BCUT2D eigenvalue weighted by Crippen LogP contribution is -2.39. The summed E-state index contributed by atoms with van der Waals surface area (Å²) >= 11 is 0. The third-order valence-corrected chi connectivity index (χ3v) is 6.42. The van der Waals surface area contributed by atoms with Gasteiger partial charge < -0.3 is 14.4 Å². The maximum Gasteiger partial charge on any atom is 0.259 e. The van der Waals surface area contributed by atoms with E-state index in [9.17, 15) is 14.4 Å². The minimum absolute atomic E-state index is 0.0709. The van der Waals surface area contributed by atoms with Crippen LogP contribution in [0.1, 0.15) is 78.3 Å². The first-order valence-electron chi connectivity index (χ1n) is 11.8. The molecule has 6 nitrogen and oxygen atoms in total. The second-order valence-corrected chi connectivity index (χ2v) is 8.79. The van der Waals surface area contributed by atoms with Gasteiger partial charge in [0.2, 0.25) is 5.43 Å². The first-order chi connectivity index (χ1) is 15.4. The number of aromatic nitrogens is 1. The van der Waals surface area contributed by atoms with Crippen molar-refractivity contribution in [2.24, 2.45) is 0 Å². The van der Waals surface area contributed by atoms with Crippen LogP contribution >= 0.6 is 0 Å². The van der Waals surface area contributed by atoms with Crippen LogP contribution in [0.4, 0.5) is 0 Å². The molecule has 1 atom stereocenters. The highest BCUT2D eigenvalue weighted by molar-refractivity contribution is 5.99. The predicted octanol–water partition coefficient (Wildman–Crippen LogP) is 4.15. The van der Waals surface area contributed by atoms with Crippen molar-refractivity contribution >= 4 is 11.8 Å². The van der Waals surface area contributed by atoms with Gasteiger partial charge in [0.15, 0.2) is 0 Å². The van der Waals surface area contributed by atoms with Crippen molar-refractivity contribution in [2.75, 3.05) is 26.7 Å². The molecule has 172 valence electrons. The highest BCUT2D eigenvalue weighted by Crippen LogP contribution is 2.16. The van der Waals surface area contributed by atoms with E-state index in [1.165, 1.54) is 0 Å². The number of pyridine rings is 1. The summed E-state index contributed by atoms with van der Waals surface area (Å²) < 4.78 is 1.85. The summed E-state index contributed by atoms with van der Waals surface area (Å²) in [4.78, 5) is 43.2. The summed E-state index contributed by atoms with van der Waals surface area (Å²) in [6, 6.07) is 10.0. The summed E-state index contributed by atoms with van der Waals surface area (Å²) in [7, 11) is 1.71. The van der Waals surface area contributed by atoms with Crippen LogP contribution in [0.25, 0.3) is 0 Å². The summed E-state index contributed by atoms with van der Waals surface area (Å²) in [5.41, 5.74) is 0.848. The van der Waals surface area contributed by atoms with Crippen LogP contribution in [-0.2, 0) is 6.42 Å². The molecule has 0 bridgehead atoms. The maximum atomic E-state index is 13.3. The van der Waals surface area contributed by atoms with E-state index in [4.69, 9.17) is 0 Å². The van der Waals surface area contributed by atoms with Gasteiger partial charge in [-0.1, -0.05) is 50.1 Å². The van der Waals surface area contributed by atoms with Gasteiger partial charge in [-0.05, 0) is 38.2 Å². The molecule has 2 aromatic rings. The molecule has 0 saturated carbocycles. The zero-order chi connectivity index (χ0) is 23.1. The topological polar surface area (TPSA) is 62.6 Å². The number of hydrogen-bond donors (Lipinski definition) is 0. The summed E-state index contributed by atoms with van der Waals surface area (Å²) in [6.45, 7) is 5.90. The predicted molar refractivity (Wildman–Crippen MR) is 127 cm³/mol. The molecule has 1 aromatic carbocycles. The molecule has 2 amide bonds. The van der Waals surface area contributed by atoms with E-state index < -0.39 is 5.43 Å². The molecule has 0 unspecified atom stereocenters. The van der Waals surface area contributed by atoms with Crippen molar-refractivity contribution in [3.63, 3.8) is 0 Å². The first kappa shape index (κ1) is 23.8. The molecule has 1 fully saturated rings. The standard InChI is InChI=1S/C26H35N3O3/c1-4-20(2)29-18-22(25(31)27(3)17-14-21-12-8-7-9-13-21)24(30)23(19-29)26(32)28-15-10-5-6-11-16-28/h7-9,12-13,18-20H,4-6,10-11,14-17H2,1-3H3/t20-/m0/s1. The molecule has 1 aromatic heterocycles. The monoisotopic (exact) mass is 437 g/mol. The Morgan fingerprint density at radius 3 is 2.25 bits per heavy atom. The fourth-order valence-corrected chi connectivity index (χ4v) is 4.06. The third-order valence-electron chi connectivity index (χ3n) is 6.42. The largest absolute Gasteiger partial charge is 0.350 e. The molecule has 6 heteroatoms. The number of rotatable bonds is 7. The molecule has 0 radical (unpaired) electrons. The van der Waals surface area contributed by atoms with Crippen molar-refractivity contribution in [3.8, 4) is 0 Å². The van der Waals surface area contributed by atoms with Crippen LogP contribution in [0.15, 0.2) is 47.5 Å². The second kappa shape index (κ2) is 11.1. The van der Waals surface area contributed by atoms with Gasteiger partial charge in [0.25, 0.3) is 11.8 Å². The molecular weight excluding hydrogens is 402 g/mol. The zero-order valence-corrected chi connectivity index (χ0v) is 19.5. The molecule has 0 N–H and O–H groups in total. The van der Waals surface area contributed by atoms with Gasteiger partial charge in [-0.2, -0.15) is 0 Å². The van der Waals surface area contributed by atoms with Crippen molar-refractivity contribution in [1.82, 2.24) is 14.4 Å². The number of likely N-dealkylation sites (tertiary alicyclic amines) is 1. The van der Waals surface area contributed by atoms with Crippen LogP contribution < -0.4 is 5.43 Å². The maximum absolute atomic E-state index is 13.3. The molecule has 1 aliphatic rings. The Morgan fingerprint density at radius 2 is 1.62 bits per heavy atom. The minimum atomic E-state index is -0.463. The Labute approximate surface area is 190 Å². The van der Waals surface area contributed by atoms with Gasteiger partial charge in [-0.3, -0.25) is 14.4 Å². The highest BCUT2D eigenvalue weighted by atomic mass is 16.2. The lowest BCUT2D eigenvalue weighted by Gasteiger charge is -2.23. The SMILES string of the molecule is CC[C@H](C)n1cc(C(=O)N(C)CCc2ccccc2)c(=O)c(C(=O)N2CCCCCC2)c1. The van der Waals surface area contributed by atoms with Crippen LogP contribution in [0, 0.1) is 0 Å². The minimum Gasteiger partial charge on any atom is -0.350 e. The van der Waals surface area contributed by atoms with Gasteiger partial charge in [0, 0.05) is 45.1 Å². The quantitative estimate of drug-likeness (QED) is 0.654. The zero-order valence-electron chi connectivity index (χ0n) is 19.5. The van der Waals surface area contributed by atoms with Crippen LogP contribution in [0.3, 0.4) is 0 Å². The molecule has 2 heterocycles. The second-order valence-electron chi connectivity index (χ2n) is 8.79. The molecule has 32 heavy (non-hydrogen) atoms. The number of likely N-dealkylation sites (N-methyl/N-ethyl adjacent to an activating group) is 1. The Hall–Kier alpha value is -2.89. The van der Waals surface area contributed by atoms with E-state index in [2.05, 4.69) is 0 Å². The lowest BCUT2D eigenvalue weighted by atomic mass is 10.1. The molecule has 0 spiro atoms. The number of benzene rings is 1. The Morgan fingerprint density at radius 1 is 1.00 bits per heavy atom. The van der Waals surface area contributed by atoms with Crippen molar-refractivity contribution < 1.29 is 9.59 Å². The lowest BCUT2D eigenvalue weighted by molar-refractivity contribution is 0.0759. The van der Waals surface area contributed by atoms with Gasteiger partial charge in [-0.15, -0.1) is 0 Å². The van der Waals surface area contributed by atoms with Crippen LogP contribution in [0.5, 0.6) is 0 Å². The third kappa shape index (κ3) is 5.67. The summed E-state index contributed by atoms with van der Waals surface area (Å²) in [5, 5.41) is 0. The van der Waals surface area contributed by atoms with E-state index in [1.807, 2.05) is 48.7 Å². The Balaban J connectivity index is 1.89. The average molecular weight is 438 g/mol. The molecule has 0 aliphatic carbocycles. The fourth-order valence-electron chi connectivity index (χ4n) is 4.06. The number of hydrogen-bond acceptors (Lipinski definition) is 3. The van der Waals surface area contributed by atoms with E-state index in [0.717, 1.165) is 37.7 Å². The van der Waals surface area contributed by atoms with E-state index >= 15 is 0 Å². The molecule has 1 aliphatic heterocycles. The summed E-state index contributed by atoms with van der Waals surface area (Å²) in [5.74, 6) is -0.593. The molecule has 1 saturated heterocycles. The smallest absolute Gasteiger partial charge is 0.259 e. The van der Waals surface area contributed by atoms with E-state index in [0.29, 0.717) is 26.1 Å². The first-order valence-corrected chi connectivity index (χ1v) is 11.8. The van der Waals surface area contributed by atoms with Gasteiger partial charge >= 0.3 is 0 Å². The molecular formula is C26H35N3O3. The fraction of sp³-hybridized carbons (Fsp3) is 0.500. The van der Waals surface area contributed by atoms with Crippen molar-refractivity contribution in [2.45, 2.75) is 58.4 Å². The number of carbonyl (C=O) groups excluding carboxylic acids is 2. The number of nitrogens with zero attached hydrogens (tertiary/aromatic N) is 3. The normalized spacial score (nSPS) is 15.2. The van der Waals surface area contributed by atoms with Crippen LogP contribution in [-0.4, -0.2) is 52.9 Å². The Kier molecular flexibility index (Phi) is 8.26. The van der Waals surface area contributed by atoms with Gasteiger partial charge in [-0.25, -0.2) is 0 Å². The van der Waals surface area contributed by atoms with Crippen molar-refractivity contribution in [3.05, 3.63) is 69.6 Å². The average Bonchev–Trinajstić information content (AvgIpc) is 3.11. The summed E-state index contributed by atoms with van der Waals surface area (Å²) in [6.07, 6.45) is 8.91. The van der Waals surface area contributed by atoms with Gasteiger partial charge in [0.1, 0.15) is 11.1 Å². The number of amides is 2.